The molecule has 0 radical (unpaired) electrons. The zero-order valence-corrected chi connectivity index (χ0v) is 18.7. The average molecular weight is 512 g/mol. The van der Waals surface area contributed by atoms with Crippen molar-refractivity contribution in [2.24, 2.45) is 5.92 Å². The molecule has 1 aliphatic heterocycles. The molecule has 0 bridgehead atoms. The molecule has 2 aromatic carbocycles. The molecule has 0 unspecified atom stereocenters. The molecule has 1 fully saturated rings. The molecular formula is C21H25IN2O3S. The van der Waals surface area contributed by atoms with E-state index >= 15 is 0 Å². The third-order valence-electron chi connectivity index (χ3n) is 4.97. The number of carbonyl (C=O) groups excluding carboxylic acids is 1. The van der Waals surface area contributed by atoms with Crippen molar-refractivity contribution in [1.82, 2.24) is 4.31 Å². The maximum atomic E-state index is 12.7. The Morgan fingerprint density at radius 3 is 2.54 bits per heavy atom. The van der Waals surface area contributed by atoms with Gasteiger partial charge in [-0.3, -0.25) is 4.79 Å². The van der Waals surface area contributed by atoms with Crippen LogP contribution in [0, 0.1) is 9.49 Å². The van der Waals surface area contributed by atoms with Gasteiger partial charge in [-0.15, -0.1) is 0 Å². The van der Waals surface area contributed by atoms with Crippen molar-refractivity contribution in [3.05, 3.63) is 63.7 Å². The highest BCUT2D eigenvalue weighted by Gasteiger charge is 2.32. The van der Waals surface area contributed by atoms with E-state index in [1.807, 2.05) is 54.6 Å². The summed E-state index contributed by atoms with van der Waals surface area (Å²) in [6.07, 6.45) is 2.75. The van der Waals surface area contributed by atoms with Gasteiger partial charge in [-0.25, -0.2) is 12.7 Å². The molecule has 5 nitrogen and oxygen atoms in total. The second-order valence-corrected chi connectivity index (χ2v) is 10.4. The number of hydrogen-bond acceptors (Lipinski definition) is 3. The summed E-state index contributed by atoms with van der Waals surface area (Å²) < 4.78 is 28.1. The molecule has 0 spiro atoms. The third kappa shape index (κ3) is 6.02. The highest BCUT2D eigenvalue weighted by Crippen LogP contribution is 2.22. The summed E-state index contributed by atoms with van der Waals surface area (Å²) >= 11 is 2.21. The molecule has 28 heavy (non-hydrogen) atoms. The number of aryl methyl sites for hydroxylation is 1. The van der Waals surface area contributed by atoms with E-state index in [1.165, 1.54) is 4.31 Å². The Morgan fingerprint density at radius 1 is 1.11 bits per heavy atom. The molecule has 7 heteroatoms. The fourth-order valence-electron chi connectivity index (χ4n) is 3.42. The first-order valence-electron chi connectivity index (χ1n) is 9.52. The topological polar surface area (TPSA) is 66.5 Å². The molecule has 1 aliphatic rings. The lowest BCUT2D eigenvalue weighted by Crippen LogP contribution is -2.44. The number of nitrogens with zero attached hydrogens (tertiary/aromatic N) is 1. The van der Waals surface area contributed by atoms with Gasteiger partial charge in [-0.05, 0) is 78.1 Å². The van der Waals surface area contributed by atoms with Crippen LogP contribution in [0.15, 0.2) is 54.6 Å². The van der Waals surface area contributed by atoms with Crippen molar-refractivity contribution >= 4 is 44.2 Å². The standard InChI is InChI=1S/C21H25IN2O3S/c22-19-10-12-20(13-11-19)23-21(25)18-9-4-14-24(16-18)28(26,27)15-5-8-17-6-2-1-3-7-17/h1-3,6-7,10-13,18H,4-5,8-9,14-16H2,(H,23,25)/t18-/m0/s1. The van der Waals surface area contributed by atoms with Crippen molar-refractivity contribution in [2.75, 3.05) is 24.2 Å². The first-order chi connectivity index (χ1) is 13.4. The van der Waals surface area contributed by atoms with Crippen LogP contribution >= 0.6 is 22.6 Å². The Kier molecular flexibility index (Phi) is 7.48. The number of amides is 1. The lowest BCUT2D eigenvalue weighted by atomic mass is 9.99. The molecule has 1 N–H and O–H groups in total. The van der Waals surface area contributed by atoms with Crippen LogP contribution in [0.3, 0.4) is 0 Å². The first kappa shape index (κ1) is 21.3. The van der Waals surface area contributed by atoms with E-state index in [0.717, 1.165) is 21.2 Å². The van der Waals surface area contributed by atoms with Gasteiger partial charge < -0.3 is 5.32 Å². The van der Waals surface area contributed by atoms with Crippen molar-refractivity contribution in [3.8, 4) is 0 Å². The SMILES string of the molecule is O=C(Nc1ccc(I)cc1)[C@H]1CCCN(S(=O)(=O)CCCc2ccccc2)C1. The number of piperidine rings is 1. The molecule has 150 valence electrons. The first-order valence-corrected chi connectivity index (χ1v) is 12.2. The summed E-state index contributed by atoms with van der Waals surface area (Å²) in [7, 11) is -3.35. The van der Waals surface area contributed by atoms with Gasteiger partial charge >= 0.3 is 0 Å². The normalized spacial score (nSPS) is 18.0. The van der Waals surface area contributed by atoms with Crippen molar-refractivity contribution in [1.29, 1.82) is 0 Å². The number of carbonyl (C=O) groups is 1. The van der Waals surface area contributed by atoms with Gasteiger partial charge in [0.25, 0.3) is 0 Å². The van der Waals surface area contributed by atoms with Crippen LogP contribution < -0.4 is 5.32 Å². The van der Waals surface area contributed by atoms with Gasteiger partial charge in [0.2, 0.25) is 15.9 Å². The second kappa shape index (κ2) is 9.84. The molecule has 1 saturated heterocycles. The smallest absolute Gasteiger partial charge is 0.228 e. The molecule has 0 aromatic heterocycles. The average Bonchev–Trinajstić information content (AvgIpc) is 2.70. The lowest BCUT2D eigenvalue weighted by molar-refractivity contribution is -0.120. The quantitative estimate of drug-likeness (QED) is 0.573. The molecule has 3 rings (SSSR count). The number of sulfonamides is 1. The lowest BCUT2D eigenvalue weighted by Gasteiger charge is -2.31. The van der Waals surface area contributed by atoms with Crippen LogP contribution in [0.2, 0.25) is 0 Å². The van der Waals surface area contributed by atoms with Crippen LogP contribution in [-0.4, -0.2) is 37.5 Å². The second-order valence-electron chi connectivity index (χ2n) is 7.10. The molecule has 0 aliphatic carbocycles. The number of anilines is 1. The number of rotatable bonds is 7. The van der Waals surface area contributed by atoms with Crippen molar-refractivity contribution < 1.29 is 13.2 Å². The summed E-state index contributed by atoms with van der Waals surface area (Å²) in [6.45, 7) is 0.769. The van der Waals surface area contributed by atoms with Crippen LogP contribution in [0.5, 0.6) is 0 Å². The van der Waals surface area contributed by atoms with Gasteiger partial charge in [-0.1, -0.05) is 30.3 Å². The van der Waals surface area contributed by atoms with E-state index < -0.39 is 10.0 Å². The highest BCUT2D eigenvalue weighted by molar-refractivity contribution is 14.1. The van der Waals surface area contributed by atoms with E-state index in [1.54, 1.807) is 0 Å². The predicted molar refractivity (Wildman–Crippen MR) is 121 cm³/mol. The Labute approximate surface area is 180 Å². The van der Waals surface area contributed by atoms with Crippen LogP contribution in [0.25, 0.3) is 0 Å². The Morgan fingerprint density at radius 2 is 1.82 bits per heavy atom. The zero-order chi connectivity index (χ0) is 20.0. The summed E-state index contributed by atoms with van der Waals surface area (Å²) in [4.78, 5) is 12.6. The highest BCUT2D eigenvalue weighted by atomic mass is 127. The Bertz CT molecular complexity index is 886. The van der Waals surface area contributed by atoms with Gasteiger partial charge in [0.15, 0.2) is 0 Å². The van der Waals surface area contributed by atoms with Gasteiger partial charge in [0.1, 0.15) is 0 Å². The number of nitrogens with one attached hydrogen (secondary N) is 1. The molecular weight excluding hydrogens is 487 g/mol. The molecule has 1 atom stereocenters. The Hall–Kier alpha value is -1.45. The van der Waals surface area contributed by atoms with Gasteiger partial charge in [0, 0.05) is 22.3 Å². The molecule has 2 aromatic rings. The maximum Gasteiger partial charge on any atom is 0.228 e. The molecule has 1 amide bonds. The zero-order valence-electron chi connectivity index (χ0n) is 15.7. The van der Waals surface area contributed by atoms with E-state index in [4.69, 9.17) is 0 Å². The summed E-state index contributed by atoms with van der Waals surface area (Å²) in [5, 5.41) is 2.91. The van der Waals surface area contributed by atoms with E-state index in [2.05, 4.69) is 27.9 Å². The molecule has 0 saturated carbocycles. The summed E-state index contributed by atoms with van der Waals surface area (Å²) in [5.74, 6) is -0.296. The third-order valence-corrected chi connectivity index (χ3v) is 7.61. The monoisotopic (exact) mass is 512 g/mol. The number of halogens is 1. The fraction of sp³-hybridized carbons (Fsp3) is 0.381. The largest absolute Gasteiger partial charge is 0.326 e. The van der Waals surface area contributed by atoms with Crippen LogP contribution in [0.1, 0.15) is 24.8 Å². The molecule has 1 heterocycles. The van der Waals surface area contributed by atoms with Crippen LogP contribution in [0.4, 0.5) is 5.69 Å². The van der Waals surface area contributed by atoms with E-state index in [-0.39, 0.29) is 24.1 Å². The fourth-order valence-corrected chi connectivity index (χ4v) is 5.36. The number of benzene rings is 2. The predicted octanol–water partition coefficient (Wildman–Crippen LogP) is 3.90. The van der Waals surface area contributed by atoms with E-state index in [0.29, 0.717) is 25.8 Å². The summed E-state index contributed by atoms with van der Waals surface area (Å²) in [6, 6.07) is 17.5. The maximum absolute atomic E-state index is 12.7. The van der Waals surface area contributed by atoms with Gasteiger partial charge in [0.05, 0.1) is 11.7 Å². The minimum Gasteiger partial charge on any atom is -0.326 e. The van der Waals surface area contributed by atoms with E-state index in [9.17, 15) is 13.2 Å². The van der Waals surface area contributed by atoms with Gasteiger partial charge in [-0.2, -0.15) is 0 Å². The van der Waals surface area contributed by atoms with Crippen LogP contribution in [-0.2, 0) is 21.2 Å². The minimum absolute atomic E-state index is 0.106. The number of hydrogen-bond donors (Lipinski definition) is 1. The van der Waals surface area contributed by atoms with Crippen molar-refractivity contribution in [2.45, 2.75) is 25.7 Å². The van der Waals surface area contributed by atoms with Crippen molar-refractivity contribution in [3.63, 3.8) is 0 Å². The minimum atomic E-state index is -3.35. The summed E-state index contributed by atoms with van der Waals surface area (Å²) in [5.41, 5.74) is 1.89. The Balaban J connectivity index is 1.53.